The summed E-state index contributed by atoms with van der Waals surface area (Å²) in [4.78, 5) is 16.0. The molecule has 14 heavy (non-hydrogen) atoms. The molecule has 1 aliphatic rings. The van der Waals surface area contributed by atoms with Crippen LogP contribution in [-0.4, -0.2) is 10.8 Å². The highest BCUT2D eigenvalue weighted by Crippen LogP contribution is 2.37. The van der Waals surface area contributed by atoms with Gasteiger partial charge in [-0.1, -0.05) is 6.92 Å². The Morgan fingerprint density at radius 2 is 2.21 bits per heavy atom. The second-order valence-corrected chi connectivity index (χ2v) is 4.18. The maximum atomic E-state index is 11.9. The van der Waals surface area contributed by atoms with Crippen molar-refractivity contribution in [3.63, 3.8) is 0 Å². The highest BCUT2D eigenvalue weighted by Gasteiger charge is 2.32. The Morgan fingerprint density at radius 3 is 2.71 bits per heavy atom. The van der Waals surface area contributed by atoms with Crippen LogP contribution in [0.4, 0.5) is 0 Å². The molecule has 1 unspecified atom stereocenters. The van der Waals surface area contributed by atoms with Gasteiger partial charge in [0, 0.05) is 23.4 Å². The molecular weight excluding hydrogens is 174 g/mol. The third-order valence-corrected chi connectivity index (χ3v) is 2.94. The molecule has 0 radical (unpaired) electrons. The molecule has 0 aliphatic heterocycles. The molecule has 0 N–H and O–H groups in total. The highest BCUT2D eigenvalue weighted by molar-refractivity contribution is 5.97. The summed E-state index contributed by atoms with van der Waals surface area (Å²) in [5, 5.41) is 0. The number of pyridine rings is 1. The average Bonchev–Trinajstić information content (AvgIpc) is 3.00. The summed E-state index contributed by atoms with van der Waals surface area (Å²) in [5.74, 6) is 1.06. The summed E-state index contributed by atoms with van der Waals surface area (Å²) in [6.07, 6.45) is 4.12. The molecule has 74 valence electrons. The van der Waals surface area contributed by atoms with Crippen LogP contribution in [0.3, 0.4) is 0 Å². The van der Waals surface area contributed by atoms with Crippen molar-refractivity contribution in [2.75, 3.05) is 0 Å². The zero-order valence-electron chi connectivity index (χ0n) is 8.66. The van der Waals surface area contributed by atoms with E-state index < -0.39 is 0 Å². The molecule has 1 fully saturated rings. The van der Waals surface area contributed by atoms with Gasteiger partial charge in [-0.05, 0) is 37.8 Å². The van der Waals surface area contributed by atoms with E-state index in [0.29, 0.717) is 5.92 Å². The van der Waals surface area contributed by atoms with Gasteiger partial charge in [0.05, 0.1) is 0 Å². The molecule has 0 amide bonds. The second-order valence-electron chi connectivity index (χ2n) is 4.18. The topological polar surface area (TPSA) is 30.0 Å². The number of aromatic nitrogens is 1. The molecule has 0 bridgehead atoms. The fourth-order valence-electron chi connectivity index (χ4n) is 1.69. The molecule has 1 aromatic rings. The minimum atomic E-state index is 0.180. The number of carbonyl (C=O) groups is 1. The molecule has 2 heteroatoms. The van der Waals surface area contributed by atoms with E-state index in [1.165, 1.54) is 12.8 Å². The third-order valence-electron chi connectivity index (χ3n) is 2.94. The quantitative estimate of drug-likeness (QED) is 0.684. The first-order valence-electron chi connectivity index (χ1n) is 5.15. The van der Waals surface area contributed by atoms with Gasteiger partial charge < -0.3 is 0 Å². The molecule has 1 aliphatic carbocycles. The van der Waals surface area contributed by atoms with Gasteiger partial charge in [0.25, 0.3) is 0 Å². The smallest absolute Gasteiger partial charge is 0.167 e. The van der Waals surface area contributed by atoms with Crippen LogP contribution in [0.25, 0.3) is 0 Å². The van der Waals surface area contributed by atoms with Gasteiger partial charge in [0.2, 0.25) is 0 Å². The molecule has 0 aromatic carbocycles. The summed E-state index contributed by atoms with van der Waals surface area (Å²) >= 11 is 0. The largest absolute Gasteiger partial charge is 0.294 e. The Labute approximate surface area is 84.4 Å². The predicted molar refractivity (Wildman–Crippen MR) is 55.2 cm³/mol. The van der Waals surface area contributed by atoms with Crippen LogP contribution in [0, 0.1) is 18.8 Å². The number of ketones is 1. The lowest BCUT2D eigenvalue weighted by Gasteiger charge is -2.08. The Balaban J connectivity index is 2.13. The van der Waals surface area contributed by atoms with Crippen molar-refractivity contribution in [2.24, 2.45) is 11.8 Å². The van der Waals surface area contributed by atoms with Crippen molar-refractivity contribution in [1.29, 1.82) is 0 Å². The van der Waals surface area contributed by atoms with Gasteiger partial charge in [-0.15, -0.1) is 0 Å². The zero-order valence-corrected chi connectivity index (χ0v) is 8.66. The van der Waals surface area contributed by atoms with Gasteiger partial charge in [0.15, 0.2) is 5.78 Å². The van der Waals surface area contributed by atoms with E-state index in [-0.39, 0.29) is 11.7 Å². The molecule has 1 aromatic heterocycles. The van der Waals surface area contributed by atoms with Crippen molar-refractivity contribution >= 4 is 5.78 Å². The fraction of sp³-hybridized carbons (Fsp3) is 0.500. The highest BCUT2D eigenvalue weighted by atomic mass is 16.1. The summed E-state index contributed by atoms with van der Waals surface area (Å²) in [5.41, 5.74) is 1.72. The normalized spacial score (nSPS) is 17.9. The van der Waals surface area contributed by atoms with E-state index in [2.05, 4.69) is 4.98 Å². The molecule has 0 saturated heterocycles. The van der Waals surface area contributed by atoms with Crippen LogP contribution in [-0.2, 0) is 0 Å². The van der Waals surface area contributed by atoms with Gasteiger partial charge in [0.1, 0.15) is 0 Å². The zero-order chi connectivity index (χ0) is 10.1. The van der Waals surface area contributed by atoms with E-state index in [4.69, 9.17) is 0 Å². The molecule has 1 atom stereocenters. The first kappa shape index (κ1) is 9.38. The summed E-state index contributed by atoms with van der Waals surface area (Å²) in [6.45, 7) is 3.96. The lowest BCUT2D eigenvalue weighted by atomic mass is 9.96. The van der Waals surface area contributed by atoms with E-state index >= 15 is 0 Å². The summed E-state index contributed by atoms with van der Waals surface area (Å²) in [6, 6.07) is 3.77. The van der Waals surface area contributed by atoms with Gasteiger partial charge >= 0.3 is 0 Å². The third kappa shape index (κ3) is 1.84. The number of carbonyl (C=O) groups excluding carboxylic acids is 1. The Morgan fingerprint density at radius 1 is 1.50 bits per heavy atom. The van der Waals surface area contributed by atoms with E-state index in [1.807, 2.05) is 26.0 Å². The van der Waals surface area contributed by atoms with E-state index in [1.54, 1.807) is 6.20 Å². The van der Waals surface area contributed by atoms with E-state index in [9.17, 15) is 4.79 Å². The SMILES string of the molecule is Cc1ccc(C(=O)C(C)C2CC2)cn1. The maximum absolute atomic E-state index is 11.9. The number of hydrogen-bond donors (Lipinski definition) is 0. The van der Waals surface area contributed by atoms with Gasteiger partial charge in [-0.25, -0.2) is 0 Å². The number of aryl methyl sites for hydroxylation is 1. The first-order chi connectivity index (χ1) is 6.68. The van der Waals surface area contributed by atoms with Crippen molar-refractivity contribution in [3.05, 3.63) is 29.6 Å². The standard InChI is InChI=1S/C12H15NO/c1-8-3-4-11(7-13-8)12(14)9(2)10-5-6-10/h3-4,7,9-10H,5-6H2,1-2H3. The summed E-state index contributed by atoms with van der Waals surface area (Å²) < 4.78 is 0. The molecule has 1 saturated carbocycles. The van der Waals surface area contributed by atoms with Crippen LogP contribution in [0.15, 0.2) is 18.3 Å². The lowest BCUT2D eigenvalue weighted by molar-refractivity contribution is 0.0916. The Hall–Kier alpha value is -1.18. The summed E-state index contributed by atoms with van der Waals surface area (Å²) in [7, 11) is 0. The molecule has 0 spiro atoms. The molecular formula is C12H15NO. The number of nitrogens with zero attached hydrogens (tertiary/aromatic N) is 1. The monoisotopic (exact) mass is 189 g/mol. The van der Waals surface area contributed by atoms with Crippen molar-refractivity contribution in [2.45, 2.75) is 26.7 Å². The fourth-order valence-corrected chi connectivity index (χ4v) is 1.69. The second kappa shape index (κ2) is 3.52. The van der Waals surface area contributed by atoms with Crippen molar-refractivity contribution < 1.29 is 4.79 Å². The van der Waals surface area contributed by atoms with Crippen LogP contribution in [0.2, 0.25) is 0 Å². The minimum Gasteiger partial charge on any atom is -0.294 e. The van der Waals surface area contributed by atoms with E-state index in [0.717, 1.165) is 11.3 Å². The predicted octanol–water partition coefficient (Wildman–Crippen LogP) is 2.62. The molecule has 2 nitrogen and oxygen atoms in total. The van der Waals surface area contributed by atoms with Crippen LogP contribution in [0.5, 0.6) is 0 Å². The van der Waals surface area contributed by atoms with Gasteiger partial charge in [-0.3, -0.25) is 9.78 Å². The number of rotatable bonds is 3. The van der Waals surface area contributed by atoms with Crippen LogP contribution < -0.4 is 0 Å². The Bertz CT molecular complexity index is 338. The van der Waals surface area contributed by atoms with Crippen molar-refractivity contribution in [1.82, 2.24) is 4.98 Å². The Kier molecular flexibility index (Phi) is 2.36. The first-order valence-corrected chi connectivity index (χ1v) is 5.15. The average molecular weight is 189 g/mol. The molecule has 2 rings (SSSR count). The maximum Gasteiger partial charge on any atom is 0.167 e. The number of Topliss-reactive ketones (excluding diaryl/α,β-unsaturated/α-hetero) is 1. The van der Waals surface area contributed by atoms with Gasteiger partial charge in [-0.2, -0.15) is 0 Å². The van der Waals surface area contributed by atoms with Crippen LogP contribution in [0.1, 0.15) is 35.8 Å². The van der Waals surface area contributed by atoms with Crippen molar-refractivity contribution in [3.8, 4) is 0 Å². The minimum absolute atomic E-state index is 0.180. The number of hydrogen-bond acceptors (Lipinski definition) is 2. The molecule has 1 heterocycles. The lowest BCUT2D eigenvalue weighted by Crippen LogP contribution is -2.13. The van der Waals surface area contributed by atoms with Crippen LogP contribution >= 0.6 is 0 Å².